The van der Waals surface area contributed by atoms with Gasteiger partial charge in [-0.3, -0.25) is 0 Å². The third-order valence-corrected chi connectivity index (χ3v) is 5.40. The lowest BCUT2D eigenvalue weighted by Gasteiger charge is -2.25. The standard InChI is InChI=1S/2C10H12ClNO/c2*11-8-3-1-2-7-4-5-13-9(6-12)10(7)8/h2*1-3,9H,4-6,12H2/t2*9-/m10/s1. The molecule has 2 atom stereocenters. The Morgan fingerprint density at radius 3 is 1.58 bits per heavy atom. The van der Waals surface area contributed by atoms with E-state index in [4.69, 9.17) is 44.1 Å². The summed E-state index contributed by atoms with van der Waals surface area (Å²) in [5.41, 5.74) is 15.9. The Balaban J connectivity index is 0.000000151. The van der Waals surface area contributed by atoms with Gasteiger partial charge in [0.05, 0.1) is 25.4 Å². The SMILES string of the molecule is NC[C@@H]1OCCc2cccc(Cl)c21.NC[C@H]1OCCc2cccc(Cl)c21. The van der Waals surface area contributed by atoms with E-state index in [0.717, 1.165) is 47.2 Å². The summed E-state index contributed by atoms with van der Waals surface area (Å²) in [6.45, 7) is 2.48. The van der Waals surface area contributed by atoms with Gasteiger partial charge >= 0.3 is 0 Å². The predicted octanol–water partition coefficient (Wildman–Crippen LogP) is 3.83. The molecule has 0 bridgehead atoms. The molecule has 0 unspecified atom stereocenters. The minimum atomic E-state index is -0.0163. The highest BCUT2D eigenvalue weighted by molar-refractivity contribution is 6.31. The quantitative estimate of drug-likeness (QED) is 0.811. The first-order valence-corrected chi connectivity index (χ1v) is 9.59. The fraction of sp³-hybridized carbons (Fsp3) is 0.400. The van der Waals surface area contributed by atoms with Crippen LogP contribution in [0.2, 0.25) is 10.0 Å². The second kappa shape index (κ2) is 9.18. The van der Waals surface area contributed by atoms with Gasteiger partial charge in [-0.15, -0.1) is 0 Å². The van der Waals surface area contributed by atoms with E-state index in [0.29, 0.717) is 13.1 Å². The summed E-state index contributed by atoms with van der Waals surface area (Å²) in [5.74, 6) is 0. The number of hydrogen-bond donors (Lipinski definition) is 2. The lowest BCUT2D eigenvalue weighted by atomic mass is 9.97. The Hall–Kier alpha value is -1.14. The van der Waals surface area contributed by atoms with Gasteiger partial charge in [-0.1, -0.05) is 47.5 Å². The summed E-state index contributed by atoms with van der Waals surface area (Å²) in [6, 6.07) is 11.9. The van der Waals surface area contributed by atoms with Gasteiger partial charge in [0.2, 0.25) is 0 Å². The largest absolute Gasteiger partial charge is 0.372 e. The lowest BCUT2D eigenvalue weighted by Crippen LogP contribution is -2.23. The van der Waals surface area contributed by atoms with Gasteiger partial charge in [-0.25, -0.2) is 0 Å². The third kappa shape index (κ3) is 4.22. The first kappa shape index (κ1) is 19.6. The molecule has 0 spiro atoms. The molecule has 0 saturated carbocycles. The zero-order chi connectivity index (χ0) is 18.5. The number of hydrogen-bond acceptors (Lipinski definition) is 4. The molecule has 2 aliphatic heterocycles. The van der Waals surface area contributed by atoms with Crippen LogP contribution in [0.1, 0.15) is 34.5 Å². The van der Waals surface area contributed by atoms with Crippen molar-refractivity contribution in [2.75, 3.05) is 26.3 Å². The average Bonchev–Trinajstić information content (AvgIpc) is 2.68. The van der Waals surface area contributed by atoms with Crippen LogP contribution in [-0.4, -0.2) is 26.3 Å². The number of fused-ring (bicyclic) bond motifs is 2. The molecule has 2 aromatic rings. The highest BCUT2D eigenvalue weighted by Crippen LogP contribution is 2.33. The maximum atomic E-state index is 6.08. The molecule has 2 aliphatic rings. The van der Waals surface area contributed by atoms with Crippen LogP contribution in [0.3, 0.4) is 0 Å². The minimum Gasteiger partial charge on any atom is -0.372 e. The van der Waals surface area contributed by atoms with E-state index in [1.54, 1.807) is 0 Å². The van der Waals surface area contributed by atoms with E-state index < -0.39 is 0 Å². The van der Waals surface area contributed by atoms with Crippen LogP contribution in [0.25, 0.3) is 0 Å². The van der Waals surface area contributed by atoms with Crippen molar-refractivity contribution in [1.82, 2.24) is 0 Å². The molecule has 2 heterocycles. The van der Waals surface area contributed by atoms with E-state index >= 15 is 0 Å². The van der Waals surface area contributed by atoms with Crippen LogP contribution in [0.15, 0.2) is 36.4 Å². The van der Waals surface area contributed by atoms with E-state index in [9.17, 15) is 0 Å². The summed E-state index contributed by atoms with van der Waals surface area (Å²) < 4.78 is 11.0. The second-order valence-corrected chi connectivity index (χ2v) is 7.13. The predicted molar refractivity (Wildman–Crippen MR) is 106 cm³/mol. The normalized spacial score (nSPS) is 21.2. The molecule has 4 nitrogen and oxygen atoms in total. The van der Waals surface area contributed by atoms with Gasteiger partial charge in [-0.05, 0) is 36.1 Å². The number of ether oxygens (including phenoxy) is 2. The minimum absolute atomic E-state index is 0.0163. The van der Waals surface area contributed by atoms with Crippen molar-refractivity contribution in [3.05, 3.63) is 68.7 Å². The first-order valence-electron chi connectivity index (χ1n) is 8.83. The highest BCUT2D eigenvalue weighted by Gasteiger charge is 2.22. The van der Waals surface area contributed by atoms with Crippen LogP contribution >= 0.6 is 23.2 Å². The zero-order valence-corrected chi connectivity index (χ0v) is 16.1. The smallest absolute Gasteiger partial charge is 0.0964 e. The van der Waals surface area contributed by atoms with Crippen molar-refractivity contribution in [2.24, 2.45) is 11.5 Å². The summed E-state index contributed by atoms with van der Waals surface area (Å²) >= 11 is 12.2. The van der Waals surface area contributed by atoms with E-state index in [1.165, 1.54) is 11.1 Å². The molecule has 4 rings (SSSR count). The summed E-state index contributed by atoms with van der Waals surface area (Å²) in [6.07, 6.45) is 1.84. The number of halogens is 2. The van der Waals surface area contributed by atoms with Crippen LogP contribution in [0.5, 0.6) is 0 Å². The van der Waals surface area contributed by atoms with E-state index in [2.05, 4.69) is 12.1 Å². The number of nitrogens with two attached hydrogens (primary N) is 2. The van der Waals surface area contributed by atoms with Gasteiger partial charge < -0.3 is 20.9 Å². The van der Waals surface area contributed by atoms with Crippen LogP contribution in [0, 0.1) is 0 Å². The van der Waals surface area contributed by atoms with E-state index in [1.807, 2.05) is 24.3 Å². The van der Waals surface area contributed by atoms with Gasteiger partial charge in [0.1, 0.15) is 0 Å². The number of rotatable bonds is 2. The van der Waals surface area contributed by atoms with Gasteiger partial charge in [0.15, 0.2) is 0 Å². The Bertz CT molecular complexity index is 691. The Labute approximate surface area is 164 Å². The number of benzene rings is 2. The molecule has 26 heavy (non-hydrogen) atoms. The van der Waals surface area contributed by atoms with Gasteiger partial charge in [0, 0.05) is 34.3 Å². The first-order chi connectivity index (χ1) is 12.7. The van der Waals surface area contributed by atoms with E-state index in [-0.39, 0.29) is 12.2 Å². The Kier molecular flexibility index (Phi) is 6.92. The highest BCUT2D eigenvalue weighted by atomic mass is 35.5. The molecule has 2 aromatic carbocycles. The lowest BCUT2D eigenvalue weighted by molar-refractivity contribution is 0.0485. The Morgan fingerprint density at radius 1 is 0.769 bits per heavy atom. The van der Waals surface area contributed by atoms with Gasteiger partial charge in [-0.2, -0.15) is 0 Å². The molecule has 0 saturated heterocycles. The summed E-state index contributed by atoms with van der Waals surface area (Å²) in [4.78, 5) is 0. The van der Waals surface area contributed by atoms with Crippen molar-refractivity contribution in [3.63, 3.8) is 0 Å². The van der Waals surface area contributed by atoms with Crippen LogP contribution in [-0.2, 0) is 22.3 Å². The molecule has 0 aliphatic carbocycles. The molecular formula is C20H24Cl2N2O2. The fourth-order valence-corrected chi connectivity index (χ4v) is 4.11. The van der Waals surface area contributed by atoms with Crippen LogP contribution < -0.4 is 11.5 Å². The monoisotopic (exact) mass is 394 g/mol. The molecule has 4 N–H and O–H groups in total. The average molecular weight is 395 g/mol. The summed E-state index contributed by atoms with van der Waals surface area (Å²) in [7, 11) is 0. The molecule has 0 fully saturated rings. The third-order valence-electron chi connectivity index (χ3n) is 4.74. The van der Waals surface area contributed by atoms with Crippen molar-refractivity contribution >= 4 is 23.2 Å². The second-order valence-electron chi connectivity index (χ2n) is 6.32. The van der Waals surface area contributed by atoms with Crippen molar-refractivity contribution in [3.8, 4) is 0 Å². The zero-order valence-electron chi connectivity index (χ0n) is 14.6. The van der Waals surface area contributed by atoms with Crippen molar-refractivity contribution in [2.45, 2.75) is 25.0 Å². The van der Waals surface area contributed by atoms with Crippen LogP contribution in [0.4, 0.5) is 0 Å². The maximum absolute atomic E-state index is 6.08. The molecule has 0 aromatic heterocycles. The van der Waals surface area contributed by atoms with Gasteiger partial charge in [0.25, 0.3) is 0 Å². The van der Waals surface area contributed by atoms with Crippen molar-refractivity contribution < 1.29 is 9.47 Å². The molecule has 0 amide bonds. The molecular weight excluding hydrogens is 371 g/mol. The topological polar surface area (TPSA) is 70.5 Å². The molecule has 6 heteroatoms. The molecule has 0 radical (unpaired) electrons. The van der Waals surface area contributed by atoms with Crippen molar-refractivity contribution in [1.29, 1.82) is 0 Å². The fourth-order valence-electron chi connectivity index (χ4n) is 3.48. The molecule has 140 valence electrons. The summed E-state index contributed by atoms with van der Waals surface area (Å²) in [5, 5.41) is 1.54. The Morgan fingerprint density at radius 2 is 1.19 bits per heavy atom. The maximum Gasteiger partial charge on any atom is 0.0964 e.